The second-order valence-corrected chi connectivity index (χ2v) is 15.3. The zero-order valence-electron chi connectivity index (χ0n) is 22.6. The quantitative estimate of drug-likeness (QED) is 0.115. The molecule has 0 radical (unpaired) electrons. The highest BCUT2D eigenvalue weighted by atomic mass is 32.2. The topological polar surface area (TPSA) is 35.5 Å². The Kier molecular flexibility index (Phi) is 13.5. The summed E-state index contributed by atoms with van der Waals surface area (Å²) in [5, 5.41) is 0. The van der Waals surface area contributed by atoms with Crippen LogP contribution in [0.4, 0.5) is 0 Å². The van der Waals surface area contributed by atoms with Crippen LogP contribution in [0.5, 0.6) is 11.5 Å². The largest absolute Gasteiger partial charge is 0.491 e. The Morgan fingerprint density at radius 1 is 0.757 bits per heavy atom. The summed E-state index contributed by atoms with van der Waals surface area (Å²) in [6, 6.07) is 0. The van der Waals surface area contributed by atoms with Gasteiger partial charge in [-0.2, -0.15) is 0 Å². The number of fused-ring (bicyclic) bond motifs is 2. The van der Waals surface area contributed by atoms with Gasteiger partial charge in [-0.25, -0.2) is 0 Å². The van der Waals surface area contributed by atoms with E-state index in [0.717, 1.165) is 59.4 Å². The van der Waals surface area contributed by atoms with Gasteiger partial charge in [-0.1, -0.05) is 113 Å². The molecule has 0 amide bonds. The third kappa shape index (κ3) is 8.06. The van der Waals surface area contributed by atoms with Gasteiger partial charge >= 0.3 is 0 Å². The molecule has 0 fully saturated rings. The molecule has 37 heavy (non-hydrogen) atoms. The Bertz CT molecular complexity index is 953. The molecule has 1 aromatic rings. The number of ether oxygens (including phenoxy) is 2. The maximum atomic E-state index is 11.6. The normalized spacial score (nSPS) is 15.9. The lowest BCUT2D eigenvalue weighted by Crippen LogP contribution is -2.14. The van der Waals surface area contributed by atoms with Gasteiger partial charge in [-0.05, 0) is 36.5 Å². The van der Waals surface area contributed by atoms with Crippen molar-refractivity contribution in [3.8, 4) is 11.5 Å². The summed E-state index contributed by atoms with van der Waals surface area (Å²) in [7, 11) is 0. The molecule has 0 saturated carbocycles. The Hall–Kier alpha value is 0.0700. The fourth-order valence-corrected chi connectivity index (χ4v) is 9.77. The molecule has 2 aliphatic heterocycles. The van der Waals surface area contributed by atoms with Gasteiger partial charge in [0.15, 0.2) is 6.29 Å². The molecule has 2 heterocycles. The van der Waals surface area contributed by atoms with E-state index in [1.165, 1.54) is 42.8 Å². The van der Waals surface area contributed by atoms with Crippen LogP contribution in [0.15, 0.2) is 37.9 Å². The van der Waals surface area contributed by atoms with Crippen molar-refractivity contribution in [2.45, 2.75) is 106 Å². The fraction of sp³-hybridized carbons (Fsp3) is 0.607. The lowest BCUT2D eigenvalue weighted by molar-refractivity contribution is -0.104. The van der Waals surface area contributed by atoms with E-state index in [2.05, 4.69) is 53.0 Å². The molecule has 3 nitrogen and oxygen atoms in total. The molecule has 0 spiro atoms. The standard InChI is InChI=1S/C28H40O3S6/c1-6-10-12-18(8-3)15-30-21-23-24(35-27(34-23)17(5)32)22(31-16-19(9-4)13-11-7-2)26-25(21)36-28(37-26)20(33)14-29/h14,18-19,32-33H,6-13,15-16H2,1-5H3. The highest BCUT2D eigenvalue weighted by Gasteiger charge is 2.38. The van der Waals surface area contributed by atoms with Crippen LogP contribution < -0.4 is 9.47 Å². The zero-order chi connectivity index (χ0) is 26.9. The molecule has 0 aliphatic carbocycles. The minimum absolute atomic E-state index is 0.458. The number of aldehydes is 1. The van der Waals surface area contributed by atoms with E-state index >= 15 is 0 Å². The zero-order valence-corrected chi connectivity index (χ0v) is 27.6. The first-order chi connectivity index (χ1) is 17.9. The van der Waals surface area contributed by atoms with Gasteiger partial charge in [0.1, 0.15) is 11.5 Å². The SMILES string of the molecule is CCCCC(CC)COc1c2c(c(OCC(CC)CCCC)c3c1SC(=C(S)C=O)S3)SC(=C(C)S)S2. The minimum atomic E-state index is 0.458. The molecular formula is C28H40O3S6. The van der Waals surface area contributed by atoms with Gasteiger partial charge < -0.3 is 9.47 Å². The van der Waals surface area contributed by atoms with Gasteiger partial charge in [0.2, 0.25) is 0 Å². The highest BCUT2D eigenvalue weighted by molar-refractivity contribution is 8.26. The number of allylic oxidation sites excluding steroid dienone is 2. The van der Waals surface area contributed by atoms with E-state index in [4.69, 9.17) is 9.47 Å². The van der Waals surface area contributed by atoms with Crippen molar-refractivity contribution in [2.24, 2.45) is 11.8 Å². The summed E-state index contributed by atoms with van der Waals surface area (Å²) in [5.74, 6) is 2.89. The number of rotatable bonds is 15. The summed E-state index contributed by atoms with van der Waals surface area (Å²) in [4.78, 5) is 17.4. The van der Waals surface area contributed by atoms with E-state index in [9.17, 15) is 4.79 Å². The van der Waals surface area contributed by atoms with Gasteiger partial charge in [0, 0.05) is 0 Å². The number of carbonyl (C=O) groups excluding carboxylic acids is 1. The van der Waals surface area contributed by atoms with Crippen molar-refractivity contribution in [1.82, 2.24) is 0 Å². The Morgan fingerprint density at radius 2 is 1.16 bits per heavy atom. The molecule has 0 bridgehead atoms. The average molecular weight is 617 g/mol. The third-order valence-corrected chi connectivity index (χ3v) is 13.2. The van der Waals surface area contributed by atoms with Crippen LogP contribution in [-0.4, -0.2) is 19.5 Å². The van der Waals surface area contributed by atoms with Crippen molar-refractivity contribution >= 4 is 78.6 Å². The van der Waals surface area contributed by atoms with Crippen molar-refractivity contribution < 1.29 is 14.3 Å². The maximum absolute atomic E-state index is 11.6. The number of hydrogen-bond acceptors (Lipinski definition) is 9. The number of benzene rings is 1. The lowest BCUT2D eigenvalue weighted by Gasteiger charge is -2.22. The minimum Gasteiger partial charge on any atom is -0.491 e. The molecule has 2 atom stereocenters. The van der Waals surface area contributed by atoms with Gasteiger partial charge in [-0.3, -0.25) is 4.79 Å². The van der Waals surface area contributed by atoms with E-state index in [1.54, 1.807) is 47.0 Å². The first kappa shape index (κ1) is 31.6. The number of thioether (sulfide) groups is 4. The fourth-order valence-electron chi connectivity index (χ4n) is 4.16. The monoisotopic (exact) mass is 616 g/mol. The van der Waals surface area contributed by atoms with Crippen LogP contribution in [0.1, 0.15) is 86.0 Å². The smallest absolute Gasteiger partial charge is 0.157 e. The first-order valence-corrected chi connectivity index (χ1v) is 17.5. The predicted molar refractivity (Wildman–Crippen MR) is 171 cm³/mol. The first-order valence-electron chi connectivity index (χ1n) is 13.4. The second-order valence-electron chi connectivity index (χ2n) is 9.50. The number of unbranched alkanes of at least 4 members (excludes halogenated alkanes) is 2. The Morgan fingerprint density at radius 3 is 1.49 bits per heavy atom. The lowest BCUT2D eigenvalue weighted by atomic mass is 10.0. The Balaban J connectivity index is 2.05. The van der Waals surface area contributed by atoms with Gasteiger partial charge in [0.25, 0.3) is 0 Å². The maximum Gasteiger partial charge on any atom is 0.157 e. The van der Waals surface area contributed by atoms with E-state index < -0.39 is 0 Å². The summed E-state index contributed by atoms with van der Waals surface area (Å²) in [5.41, 5.74) is 0. The summed E-state index contributed by atoms with van der Waals surface area (Å²) in [6.07, 6.45) is 10.2. The van der Waals surface area contributed by atoms with Crippen molar-refractivity contribution in [1.29, 1.82) is 0 Å². The Labute approximate surface area is 251 Å². The van der Waals surface area contributed by atoms with Crippen LogP contribution in [0.3, 0.4) is 0 Å². The van der Waals surface area contributed by atoms with Crippen LogP contribution >= 0.6 is 72.3 Å². The van der Waals surface area contributed by atoms with Crippen LogP contribution in [0.25, 0.3) is 0 Å². The molecule has 0 aromatic heterocycles. The van der Waals surface area contributed by atoms with Crippen molar-refractivity contribution in [3.63, 3.8) is 0 Å². The van der Waals surface area contributed by atoms with Crippen molar-refractivity contribution in [3.05, 3.63) is 18.3 Å². The van der Waals surface area contributed by atoms with E-state index in [1.807, 2.05) is 6.92 Å². The molecule has 3 rings (SSSR count). The molecule has 0 saturated heterocycles. The van der Waals surface area contributed by atoms with Crippen LogP contribution in [0.2, 0.25) is 0 Å². The molecule has 0 N–H and O–H groups in total. The molecule has 2 aliphatic rings. The average Bonchev–Trinajstić information content (AvgIpc) is 3.54. The number of carbonyl (C=O) groups is 1. The summed E-state index contributed by atoms with van der Waals surface area (Å²) >= 11 is 15.8. The number of hydrogen-bond donors (Lipinski definition) is 2. The summed E-state index contributed by atoms with van der Waals surface area (Å²) < 4.78 is 15.4. The van der Waals surface area contributed by atoms with Gasteiger partial charge in [0.05, 0.1) is 46.2 Å². The third-order valence-electron chi connectivity index (χ3n) is 6.65. The second kappa shape index (κ2) is 15.8. The molecule has 9 heteroatoms. The molecular weight excluding hydrogens is 577 g/mol. The van der Waals surface area contributed by atoms with Crippen LogP contribution in [0, 0.1) is 11.8 Å². The molecule has 2 unspecified atom stereocenters. The molecule has 206 valence electrons. The van der Waals surface area contributed by atoms with Crippen molar-refractivity contribution in [2.75, 3.05) is 13.2 Å². The van der Waals surface area contributed by atoms with Gasteiger partial charge in [-0.15, -0.1) is 25.3 Å². The van der Waals surface area contributed by atoms with Crippen LogP contribution in [-0.2, 0) is 4.79 Å². The predicted octanol–water partition coefficient (Wildman–Crippen LogP) is 10.7. The van der Waals surface area contributed by atoms with E-state index in [0.29, 0.717) is 30.0 Å². The molecule has 1 aromatic carbocycles. The highest BCUT2D eigenvalue weighted by Crippen LogP contribution is 2.68. The van der Waals surface area contributed by atoms with E-state index in [-0.39, 0.29) is 0 Å². The summed E-state index contributed by atoms with van der Waals surface area (Å²) in [6.45, 7) is 12.4. The number of thiol groups is 2.